The minimum Gasteiger partial charge on any atom is -0.462 e. The van der Waals surface area contributed by atoms with Gasteiger partial charge in [-0.05, 0) is 6.42 Å². The van der Waals surface area contributed by atoms with Crippen molar-refractivity contribution in [1.82, 2.24) is 15.3 Å². The number of phosphoric ester groups is 1. The Morgan fingerprint density at radius 2 is 1.94 bits per heavy atom. The molecule has 0 saturated carbocycles. The number of ether oxygens (including phenoxy) is 3. The van der Waals surface area contributed by atoms with Crippen LogP contribution in [0.3, 0.4) is 0 Å². The number of hydrogen-bond acceptors (Lipinski definition) is 12. The predicted octanol–water partition coefficient (Wildman–Crippen LogP) is -0.306. The first-order chi connectivity index (χ1) is 16.6. The number of nitrogens with two attached hydrogens (primary N) is 1. The van der Waals surface area contributed by atoms with E-state index in [1.807, 2.05) is 0 Å². The van der Waals surface area contributed by atoms with Crippen LogP contribution in [-0.4, -0.2) is 77.4 Å². The number of rotatable bonds is 18. The lowest BCUT2D eigenvalue weighted by atomic mass is 10.2. The molecule has 0 saturated heterocycles. The third-order valence-electron chi connectivity index (χ3n) is 4.13. The lowest BCUT2D eigenvalue weighted by molar-refractivity contribution is -0.161. The Hall–Kier alpha value is -2.84. The van der Waals surface area contributed by atoms with Crippen molar-refractivity contribution in [2.75, 3.05) is 19.8 Å². The largest absolute Gasteiger partial charge is 0.472 e. The van der Waals surface area contributed by atoms with Gasteiger partial charge in [0.05, 0.1) is 19.5 Å². The summed E-state index contributed by atoms with van der Waals surface area (Å²) in [4.78, 5) is 62.5. The van der Waals surface area contributed by atoms with Crippen LogP contribution in [0.15, 0.2) is 12.5 Å². The van der Waals surface area contributed by atoms with E-state index in [2.05, 4.69) is 15.3 Å². The molecule has 5 N–H and O–H groups in total. The molecular weight excluding hydrogens is 491 g/mol. The van der Waals surface area contributed by atoms with E-state index in [4.69, 9.17) is 29.0 Å². The van der Waals surface area contributed by atoms with E-state index in [1.165, 1.54) is 12.5 Å². The number of phosphoric acid groups is 1. The summed E-state index contributed by atoms with van der Waals surface area (Å²) in [5.74, 6) is -2.01. The molecule has 1 amide bonds. The highest BCUT2D eigenvalue weighted by atomic mass is 31.2. The van der Waals surface area contributed by atoms with Crippen LogP contribution >= 0.6 is 7.82 Å². The number of H-pyrrole nitrogens is 1. The quantitative estimate of drug-likeness (QED) is 0.0640. The molecule has 35 heavy (non-hydrogen) atoms. The summed E-state index contributed by atoms with van der Waals surface area (Å²) < 4.78 is 36.5. The predicted molar refractivity (Wildman–Crippen MR) is 117 cm³/mol. The highest BCUT2D eigenvalue weighted by molar-refractivity contribution is 7.47. The summed E-state index contributed by atoms with van der Waals surface area (Å²) in [6.45, 7) is 1.71. The lowest BCUT2D eigenvalue weighted by Gasteiger charge is -2.21. The summed E-state index contributed by atoms with van der Waals surface area (Å²) >= 11 is 0. The van der Waals surface area contributed by atoms with E-state index in [0.29, 0.717) is 12.1 Å². The van der Waals surface area contributed by atoms with Gasteiger partial charge < -0.3 is 35.1 Å². The molecule has 0 bridgehead atoms. The van der Waals surface area contributed by atoms with Gasteiger partial charge >= 0.3 is 19.8 Å². The van der Waals surface area contributed by atoms with Gasteiger partial charge in [-0.15, -0.1) is 0 Å². The SMILES string of the molecule is CCCC(=O)OC(COC(=O)CC)COP(=O)(O)OCC(N)C(=O)NC(Cc1cnc[nH]1)OC=O. The van der Waals surface area contributed by atoms with Crippen molar-refractivity contribution in [3.05, 3.63) is 18.2 Å². The number of amides is 1. The maximum Gasteiger partial charge on any atom is 0.472 e. The first kappa shape index (κ1) is 30.2. The zero-order chi connectivity index (χ0) is 26.3. The highest BCUT2D eigenvalue weighted by Gasteiger charge is 2.29. The van der Waals surface area contributed by atoms with Gasteiger partial charge in [-0.1, -0.05) is 13.8 Å². The van der Waals surface area contributed by atoms with Crippen LogP contribution < -0.4 is 11.1 Å². The average Bonchev–Trinajstić information content (AvgIpc) is 3.32. The summed E-state index contributed by atoms with van der Waals surface area (Å²) in [6.07, 6.45) is 1.37. The topological polar surface area (TPSA) is 218 Å². The Morgan fingerprint density at radius 3 is 2.54 bits per heavy atom. The van der Waals surface area contributed by atoms with Crippen LogP contribution in [-0.2, 0) is 53.4 Å². The normalized spacial score (nSPS) is 15.2. The van der Waals surface area contributed by atoms with E-state index >= 15 is 0 Å². The molecule has 1 aromatic rings. The standard InChI is InChI=1S/C19H31N4O11P/c1-3-5-18(26)34-14(8-30-17(25)4-2)9-32-35(28,29)33-10-15(20)19(27)23-16(31-12-24)6-13-7-21-11-22-13/h7,11-12,14-16H,3-6,8-10,20H2,1-2H3,(H,21,22)(H,23,27)(H,28,29). The second kappa shape index (κ2) is 15.9. The molecule has 16 heteroatoms. The summed E-state index contributed by atoms with van der Waals surface area (Å²) in [7, 11) is -4.74. The molecule has 15 nitrogen and oxygen atoms in total. The van der Waals surface area contributed by atoms with Crippen molar-refractivity contribution < 1.29 is 51.9 Å². The van der Waals surface area contributed by atoms with E-state index < -0.39 is 63.9 Å². The molecule has 0 spiro atoms. The number of carbonyl (C=O) groups excluding carboxylic acids is 4. The monoisotopic (exact) mass is 522 g/mol. The van der Waals surface area contributed by atoms with Crippen LogP contribution in [0.2, 0.25) is 0 Å². The Labute approximate surface area is 201 Å². The third kappa shape index (κ3) is 13.0. The maximum atomic E-state index is 12.2. The first-order valence-electron chi connectivity index (χ1n) is 10.7. The van der Waals surface area contributed by atoms with E-state index in [0.717, 1.165) is 0 Å². The molecule has 0 aliphatic rings. The van der Waals surface area contributed by atoms with Crippen molar-refractivity contribution in [2.24, 2.45) is 5.73 Å². The fourth-order valence-electron chi connectivity index (χ4n) is 2.38. The van der Waals surface area contributed by atoms with Crippen LogP contribution in [0.4, 0.5) is 0 Å². The number of nitrogens with zero attached hydrogens (tertiary/aromatic N) is 1. The molecule has 0 fully saturated rings. The number of imidazole rings is 1. The zero-order valence-electron chi connectivity index (χ0n) is 19.4. The minimum atomic E-state index is -4.74. The molecular formula is C19H31N4O11P. The molecule has 4 unspecified atom stereocenters. The molecule has 4 atom stereocenters. The molecule has 198 valence electrons. The van der Waals surface area contributed by atoms with Crippen molar-refractivity contribution in [2.45, 2.75) is 57.9 Å². The van der Waals surface area contributed by atoms with Crippen molar-refractivity contribution in [1.29, 1.82) is 0 Å². The summed E-state index contributed by atoms with van der Waals surface area (Å²) in [6, 6.07) is -1.43. The second-order valence-corrected chi connectivity index (χ2v) is 8.53. The molecule has 1 heterocycles. The highest BCUT2D eigenvalue weighted by Crippen LogP contribution is 2.43. The molecule has 0 aliphatic carbocycles. The number of esters is 2. The molecule has 0 aromatic carbocycles. The fourth-order valence-corrected chi connectivity index (χ4v) is 3.16. The zero-order valence-corrected chi connectivity index (χ0v) is 20.3. The Balaban J connectivity index is 2.57. The number of aromatic nitrogens is 2. The van der Waals surface area contributed by atoms with Crippen LogP contribution in [0.5, 0.6) is 0 Å². The fraction of sp³-hybridized carbons (Fsp3) is 0.632. The van der Waals surface area contributed by atoms with Crippen LogP contribution in [0.1, 0.15) is 38.8 Å². The molecule has 0 aliphatic heterocycles. The summed E-state index contributed by atoms with van der Waals surface area (Å²) in [5.41, 5.74) is 6.24. The maximum absolute atomic E-state index is 12.2. The lowest BCUT2D eigenvalue weighted by Crippen LogP contribution is -2.49. The van der Waals surface area contributed by atoms with Crippen molar-refractivity contribution in [3.63, 3.8) is 0 Å². The Morgan fingerprint density at radius 1 is 1.23 bits per heavy atom. The van der Waals surface area contributed by atoms with Gasteiger partial charge in [-0.2, -0.15) is 0 Å². The van der Waals surface area contributed by atoms with Gasteiger partial charge in [-0.3, -0.25) is 28.2 Å². The van der Waals surface area contributed by atoms with Gasteiger partial charge in [0.1, 0.15) is 12.6 Å². The number of carbonyl (C=O) groups is 4. The molecule has 1 aromatic heterocycles. The summed E-state index contributed by atoms with van der Waals surface area (Å²) in [5, 5.41) is 2.35. The first-order valence-corrected chi connectivity index (χ1v) is 12.2. The van der Waals surface area contributed by atoms with Crippen molar-refractivity contribution >= 4 is 32.1 Å². The van der Waals surface area contributed by atoms with Crippen LogP contribution in [0.25, 0.3) is 0 Å². The van der Waals surface area contributed by atoms with Crippen LogP contribution in [0, 0.1) is 0 Å². The number of aromatic amines is 1. The Bertz CT molecular complexity index is 852. The van der Waals surface area contributed by atoms with Gasteiger partial charge in [0.15, 0.2) is 12.3 Å². The average molecular weight is 522 g/mol. The van der Waals surface area contributed by atoms with Gasteiger partial charge in [0.25, 0.3) is 6.47 Å². The second-order valence-electron chi connectivity index (χ2n) is 7.08. The van der Waals surface area contributed by atoms with E-state index in [9.17, 15) is 28.6 Å². The minimum absolute atomic E-state index is 0.0698. The third-order valence-corrected chi connectivity index (χ3v) is 5.08. The van der Waals surface area contributed by atoms with E-state index in [1.54, 1.807) is 13.8 Å². The smallest absolute Gasteiger partial charge is 0.462 e. The van der Waals surface area contributed by atoms with Gasteiger partial charge in [0, 0.05) is 31.2 Å². The van der Waals surface area contributed by atoms with Gasteiger partial charge in [-0.25, -0.2) is 9.55 Å². The number of hydrogen-bond donors (Lipinski definition) is 4. The van der Waals surface area contributed by atoms with Gasteiger partial charge in [0.2, 0.25) is 5.91 Å². The Kier molecular flexibility index (Phi) is 13.8. The molecule has 1 rings (SSSR count). The van der Waals surface area contributed by atoms with Crippen molar-refractivity contribution in [3.8, 4) is 0 Å². The van der Waals surface area contributed by atoms with E-state index in [-0.39, 0.29) is 25.7 Å². The molecule has 0 radical (unpaired) electrons. The number of nitrogens with one attached hydrogen (secondary N) is 2.